The summed E-state index contributed by atoms with van der Waals surface area (Å²) in [5, 5.41) is 2.54. The van der Waals surface area contributed by atoms with Crippen LogP contribution >= 0.6 is 0 Å². The number of anilines is 1. The predicted octanol–water partition coefficient (Wildman–Crippen LogP) is 8.97. The third-order valence-corrected chi connectivity index (χ3v) is 10.6. The molecule has 0 spiro atoms. The van der Waals surface area contributed by atoms with Crippen LogP contribution < -0.4 is 19.7 Å². The number of nitrogens with zero attached hydrogens (tertiary/aromatic N) is 1. The van der Waals surface area contributed by atoms with Crippen LogP contribution in [-0.2, 0) is 60.4 Å². The third-order valence-electron chi connectivity index (χ3n) is 10.6. The van der Waals surface area contributed by atoms with Crippen molar-refractivity contribution in [3.05, 3.63) is 160 Å². The molecule has 18 heteroatoms. The van der Waals surface area contributed by atoms with E-state index in [1.165, 1.54) is 18.7 Å². The molecule has 0 bridgehead atoms. The lowest BCUT2D eigenvalue weighted by Crippen LogP contribution is -2.54. The van der Waals surface area contributed by atoms with Crippen molar-refractivity contribution in [2.45, 2.75) is 50.4 Å². The number of alkyl carbamates (subject to hydrolysis) is 1. The van der Waals surface area contributed by atoms with Crippen molar-refractivity contribution >= 4 is 35.4 Å². The van der Waals surface area contributed by atoms with Crippen LogP contribution in [-0.4, -0.2) is 57.0 Å². The average molecular weight is 907 g/mol. The molecule has 5 aromatic rings. The Balaban J connectivity index is 0.000000233. The van der Waals surface area contributed by atoms with Crippen LogP contribution in [0.4, 0.5) is 36.8 Å². The number of benzene rings is 5. The van der Waals surface area contributed by atoms with Gasteiger partial charge in [-0.3, -0.25) is 9.59 Å². The van der Waals surface area contributed by atoms with Gasteiger partial charge in [0.25, 0.3) is 5.91 Å². The Labute approximate surface area is 368 Å². The molecule has 5 aromatic carbocycles. The van der Waals surface area contributed by atoms with Gasteiger partial charge in [-0.05, 0) is 43.7 Å². The van der Waals surface area contributed by atoms with Gasteiger partial charge in [-0.25, -0.2) is 14.4 Å². The molecule has 0 radical (unpaired) electrons. The number of amides is 2. The van der Waals surface area contributed by atoms with E-state index in [1.807, 2.05) is 6.07 Å². The second-order valence-corrected chi connectivity index (χ2v) is 14.9. The molecule has 2 unspecified atom stereocenters. The zero-order chi connectivity index (χ0) is 47.3. The highest BCUT2D eigenvalue weighted by Crippen LogP contribution is 2.47. The molecule has 0 saturated carbocycles. The fourth-order valence-electron chi connectivity index (χ4n) is 7.18. The van der Waals surface area contributed by atoms with Gasteiger partial charge in [-0.1, -0.05) is 91.0 Å². The first-order valence-corrected chi connectivity index (χ1v) is 19.7. The first-order chi connectivity index (χ1) is 30.7. The second-order valence-electron chi connectivity index (χ2n) is 14.9. The van der Waals surface area contributed by atoms with Crippen LogP contribution in [0.25, 0.3) is 0 Å². The number of carbonyl (C=O) groups is 5. The molecule has 1 N–H and O–H groups in total. The van der Waals surface area contributed by atoms with Gasteiger partial charge in [-0.15, -0.1) is 0 Å². The number of Topliss-reactive ketones (excluding diaryl/α,β-unsaturated/α-hetero) is 1. The molecule has 2 aliphatic rings. The molecule has 65 heavy (non-hydrogen) atoms. The maximum Gasteiger partial charge on any atom is 0.417 e. The first-order valence-electron chi connectivity index (χ1n) is 19.7. The molecular formula is C47H40F6N2O10. The highest BCUT2D eigenvalue weighted by atomic mass is 19.4. The quantitative estimate of drug-likeness (QED) is 0.0864. The Bertz CT molecular complexity index is 2590. The summed E-state index contributed by atoms with van der Waals surface area (Å²) in [6.45, 7) is 2.75. The molecule has 0 fully saturated rings. The number of ketones is 1. The van der Waals surface area contributed by atoms with E-state index in [4.69, 9.17) is 14.2 Å². The minimum absolute atomic E-state index is 0.0285. The number of esters is 2. The summed E-state index contributed by atoms with van der Waals surface area (Å²) in [4.78, 5) is 63.8. The summed E-state index contributed by atoms with van der Waals surface area (Å²) in [6, 6.07) is 29.2. The Morgan fingerprint density at radius 3 is 1.68 bits per heavy atom. The van der Waals surface area contributed by atoms with E-state index in [-0.39, 0.29) is 54.7 Å². The largest absolute Gasteiger partial charge is 0.475 e. The van der Waals surface area contributed by atoms with Gasteiger partial charge in [0.05, 0.1) is 42.2 Å². The minimum atomic E-state index is -4.90. The van der Waals surface area contributed by atoms with Crippen LogP contribution in [0.1, 0.15) is 67.9 Å². The molecule has 2 heterocycles. The maximum absolute atomic E-state index is 13.9. The predicted molar refractivity (Wildman–Crippen MR) is 220 cm³/mol. The van der Waals surface area contributed by atoms with Gasteiger partial charge in [0, 0.05) is 36.2 Å². The Hall–Kier alpha value is -7.37. The number of methoxy groups -OCH3 is 2. The third kappa shape index (κ3) is 10.1. The fraction of sp³-hybridized carbons (Fsp3) is 0.255. The molecule has 0 aliphatic carbocycles. The van der Waals surface area contributed by atoms with Crippen molar-refractivity contribution < 1.29 is 74.0 Å². The van der Waals surface area contributed by atoms with Crippen molar-refractivity contribution in [3.63, 3.8) is 0 Å². The van der Waals surface area contributed by atoms with E-state index in [0.29, 0.717) is 17.2 Å². The summed E-state index contributed by atoms with van der Waals surface area (Å²) < 4.78 is 108. The van der Waals surface area contributed by atoms with Crippen LogP contribution in [0, 0.1) is 0 Å². The van der Waals surface area contributed by atoms with Gasteiger partial charge < -0.3 is 33.9 Å². The number of carbonyl (C=O) groups excluding carboxylic acids is 5. The van der Waals surface area contributed by atoms with Gasteiger partial charge in [0.2, 0.25) is 5.60 Å². The van der Waals surface area contributed by atoms with Gasteiger partial charge >= 0.3 is 30.4 Å². The monoisotopic (exact) mass is 906 g/mol. The van der Waals surface area contributed by atoms with E-state index < -0.39 is 69.7 Å². The number of hydrogen-bond donors (Lipinski definition) is 1. The van der Waals surface area contributed by atoms with Crippen molar-refractivity contribution in [2.24, 2.45) is 0 Å². The number of fused-ring (bicyclic) bond motifs is 2. The average Bonchev–Trinajstić information content (AvgIpc) is 3.29. The fourth-order valence-corrected chi connectivity index (χ4v) is 7.18. The number of rotatable bonds is 9. The van der Waals surface area contributed by atoms with E-state index in [9.17, 15) is 50.3 Å². The molecule has 2 atom stereocenters. The molecule has 12 nitrogen and oxygen atoms in total. The van der Waals surface area contributed by atoms with Crippen molar-refractivity contribution in [1.82, 2.24) is 5.32 Å². The number of nitrogens with one attached hydrogen (secondary N) is 1. The number of hydrogen-bond acceptors (Lipinski definition) is 10. The van der Waals surface area contributed by atoms with Crippen LogP contribution in [0.5, 0.6) is 11.5 Å². The summed E-state index contributed by atoms with van der Waals surface area (Å²) in [5.74, 6) is -3.59. The Morgan fingerprint density at radius 2 is 1.15 bits per heavy atom. The topological polar surface area (TPSA) is 147 Å². The normalized spacial score (nSPS) is 17.8. The van der Waals surface area contributed by atoms with Crippen molar-refractivity contribution in [1.29, 1.82) is 0 Å². The van der Waals surface area contributed by atoms with E-state index in [0.717, 1.165) is 38.0 Å². The van der Waals surface area contributed by atoms with Gasteiger partial charge in [0.1, 0.15) is 18.1 Å². The standard InChI is InChI=1S/C28H25F3N2O6.C19H15F3O4/c1-27(19-11-7-4-8-12-19)25(35)33(14-13-32-26(36)38-17-18-9-5-3-6-10-18)22-15-20(24(34)37-2)21(28(29,30)31)16-23(22)39-27;1-18(12-6-4-3-5-7-12)16(23)9-11-8-13(17(24)25-2)14(19(20,21)22)10-15(11)26-18/h3-12,15-16H,13-14,17H2,1-2H3,(H,32,36);3-8,10H,9H2,1-2H3. The zero-order valence-electron chi connectivity index (χ0n) is 35.1. The number of alkyl halides is 6. The molecule has 0 aromatic heterocycles. The van der Waals surface area contributed by atoms with E-state index >= 15 is 0 Å². The Kier molecular flexibility index (Phi) is 13.6. The van der Waals surface area contributed by atoms with Crippen LogP contribution in [0.15, 0.2) is 115 Å². The summed E-state index contributed by atoms with van der Waals surface area (Å²) >= 11 is 0. The lowest BCUT2D eigenvalue weighted by atomic mass is 9.84. The molecule has 0 saturated heterocycles. The molecule has 2 amide bonds. The number of halogens is 6. The molecule has 2 aliphatic heterocycles. The van der Waals surface area contributed by atoms with Gasteiger partial charge in [0.15, 0.2) is 11.4 Å². The highest BCUT2D eigenvalue weighted by Gasteiger charge is 2.48. The van der Waals surface area contributed by atoms with E-state index in [2.05, 4.69) is 14.8 Å². The second kappa shape index (κ2) is 18.8. The van der Waals surface area contributed by atoms with Crippen LogP contribution in [0.3, 0.4) is 0 Å². The summed E-state index contributed by atoms with van der Waals surface area (Å²) in [6.07, 6.45) is -10.6. The number of ether oxygens (including phenoxy) is 5. The molecule has 7 rings (SSSR count). The summed E-state index contributed by atoms with van der Waals surface area (Å²) in [7, 11) is 1.95. The smallest absolute Gasteiger partial charge is 0.417 e. The molecule has 340 valence electrons. The van der Waals surface area contributed by atoms with Crippen LogP contribution in [0.2, 0.25) is 0 Å². The maximum atomic E-state index is 13.9. The van der Waals surface area contributed by atoms with Crippen molar-refractivity contribution in [2.75, 3.05) is 32.2 Å². The molecular weight excluding hydrogens is 867 g/mol. The van der Waals surface area contributed by atoms with Crippen molar-refractivity contribution in [3.8, 4) is 11.5 Å². The zero-order valence-corrected chi connectivity index (χ0v) is 35.1. The lowest BCUT2D eigenvalue weighted by Gasteiger charge is -2.41. The highest BCUT2D eigenvalue weighted by molar-refractivity contribution is 6.05. The van der Waals surface area contributed by atoms with Gasteiger partial charge in [-0.2, -0.15) is 26.3 Å². The minimum Gasteiger partial charge on any atom is -0.475 e. The lowest BCUT2D eigenvalue weighted by molar-refractivity contribution is -0.140. The first kappa shape index (κ1) is 47.1. The summed E-state index contributed by atoms with van der Waals surface area (Å²) in [5.41, 5.74) is -5.04. The SMILES string of the molecule is COC(=O)c1cc2c(cc1C(F)(F)F)OC(C)(c1ccccc1)C(=O)C2.COC(=O)c1cc2c(cc1C(F)(F)F)OC(C)(c1ccccc1)C(=O)N2CCNC(=O)OCc1ccccc1. The van der Waals surface area contributed by atoms with E-state index in [1.54, 1.807) is 84.9 Å². The Morgan fingerprint density at radius 1 is 0.677 bits per heavy atom.